The summed E-state index contributed by atoms with van der Waals surface area (Å²) >= 11 is 1.10. The first-order valence-electron chi connectivity index (χ1n) is 12.1. The van der Waals surface area contributed by atoms with E-state index in [0.29, 0.717) is 34.0 Å². The molecule has 8 heteroatoms. The van der Waals surface area contributed by atoms with Crippen molar-refractivity contribution in [3.63, 3.8) is 0 Å². The van der Waals surface area contributed by atoms with Gasteiger partial charge in [-0.3, -0.25) is 9.52 Å². The maximum Gasteiger partial charge on any atom is 0.265 e. The molecule has 1 aromatic heterocycles. The van der Waals surface area contributed by atoms with Crippen molar-refractivity contribution < 1.29 is 4.79 Å². The second kappa shape index (κ2) is 10.1. The summed E-state index contributed by atoms with van der Waals surface area (Å²) in [6, 6.07) is 3.68. The zero-order valence-corrected chi connectivity index (χ0v) is 22.8. The van der Waals surface area contributed by atoms with E-state index in [-0.39, 0.29) is 22.9 Å². The van der Waals surface area contributed by atoms with Gasteiger partial charge in [0.05, 0.1) is 11.6 Å². The van der Waals surface area contributed by atoms with Gasteiger partial charge in [-0.2, -0.15) is 0 Å². The lowest BCUT2D eigenvalue weighted by Gasteiger charge is -2.34. The summed E-state index contributed by atoms with van der Waals surface area (Å²) in [5.74, 6) is 1.69. The van der Waals surface area contributed by atoms with Crippen LogP contribution < -0.4 is 20.7 Å². The number of nitrogens with one attached hydrogen (secondary N) is 2. The average Bonchev–Trinajstić information content (AvgIpc) is 3.09. The molecule has 0 aromatic carbocycles. The zero-order chi connectivity index (χ0) is 26.1. The van der Waals surface area contributed by atoms with Gasteiger partial charge in [0.2, 0.25) is 0 Å². The number of rotatable bonds is 2. The SMILES string of the molecule is C=C/C1=N\C(=C)NC(C(=C)N)CC(C)C2CN(c3nc(C(C)(C)C)ccc3C(=O)NS1)C(C)(C)C2. The number of hydrogen-bond acceptors (Lipinski definition) is 7. The third-order valence-electron chi connectivity index (χ3n) is 6.92. The third kappa shape index (κ3) is 6.10. The van der Waals surface area contributed by atoms with E-state index in [1.165, 1.54) is 0 Å². The summed E-state index contributed by atoms with van der Waals surface area (Å²) in [4.78, 5) is 25.2. The monoisotopic (exact) mass is 496 g/mol. The Kier molecular flexibility index (Phi) is 7.74. The molecular weight excluding hydrogens is 456 g/mol. The molecule has 0 aliphatic carbocycles. The van der Waals surface area contributed by atoms with Crippen LogP contribution in [0.5, 0.6) is 0 Å². The second-order valence-corrected chi connectivity index (χ2v) is 12.2. The van der Waals surface area contributed by atoms with Crippen LogP contribution in [0.1, 0.15) is 70.4 Å². The molecule has 0 radical (unpaired) electrons. The van der Waals surface area contributed by atoms with E-state index in [1.54, 1.807) is 6.08 Å². The molecule has 0 saturated carbocycles. The van der Waals surface area contributed by atoms with Crippen molar-refractivity contribution in [2.24, 2.45) is 22.6 Å². The molecule has 3 atom stereocenters. The Labute approximate surface area is 214 Å². The van der Waals surface area contributed by atoms with Crippen molar-refractivity contribution in [1.82, 2.24) is 15.0 Å². The molecule has 3 rings (SSSR count). The molecule has 7 nitrogen and oxygen atoms in total. The van der Waals surface area contributed by atoms with Gasteiger partial charge < -0.3 is 16.0 Å². The number of amides is 1. The van der Waals surface area contributed by atoms with Crippen molar-refractivity contribution in [3.05, 3.63) is 60.7 Å². The predicted octanol–water partition coefficient (Wildman–Crippen LogP) is 4.89. The van der Waals surface area contributed by atoms with Gasteiger partial charge >= 0.3 is 0 Å². The summed E-state index contributed by atoms with van der Waals surface area (Å²) in [5, 5.41) is 3.82. The molecule has 190 valence electrons. The minimum atomic E-state index is -0.221. The third-order valence-corrected chi connectivity index (χ3v) is 7.68. The minimum Gasteiger partial charge on any atom is -0.401 e. The number of fused-ring (bicyclic) bond motifs is 4. The topological polar surface area (TPSA) is 95.6 Å². The Morgan fingerprint density at radius 3 is 2.63 bits per heavy atom. The van der Waals surface area contributed by atoms with Crippen LogP contribution in [0.15, 0.2) is 54.5 Å². The first kappa shape index (κ1) is 26.9. The van der Waals surface area contributed by atoms with Crippen molar-refractivity contribution in [1.29, 1.82) is 0 Å². The van der Waals surface area contributed by atoms with Gasteiger partial charge in [0.25, 0.3) is 5.91 Å². The molecule has 1 aromatic rings. The molecular formula is C27H40N6OS. The maximum absolute atomic E-state index is 13.4. The average molecular weight is 497 g/mol. The van der Waals surface area contributed by atoms with E-state index in [4.69, 9.17) is 10.7 Å². The minimum absolute atomic E-state index is 0.142. The molecule has 2 aliphatic heterocycles. The highest BCUT2D eigenvalue weighted by Crippen LogP contribution is 2.42. The number of aliphatic imine (C=N–C) groups is 1. The van der Waals surface area contributed by atoms with Crippen LogP contribution in [-0.4, -0.2) is 34.1 Å². The number of carbonyl (C=O) groups excluding carboxylic acids is 1. The fourth-order valence-corrected chi connectivity index (χ4v) is 5.35. The van der Waals surface area contributed by atoms with Crippen LogP contribution in [0.3, 0.4) is 0 Å². The van der Waals surface area contributed by atoms with Crippen molar-refractivity contribution in [2.45, 2.75) is 71.4 Å². The van der Waals surface area contributed by atoms with Crippen LogP contribution in [0, 0.1) is 11.8 Å². The summed E-state index contributed by atoms with van der Waals surface area (Å²) < 4.78 is 2.91. The second-order valence-electron chi connectivity index (χ2n) is 11.3. The molecule has 3 heterocycles. The fraction of sp³-hybridized carbons (Fsp3) is 0.519. The molecule has 0 spiro atoms. The van der Waals surface area contributed by atoms with Crippen molar-refractivity contribution >= 4 is 28.7 Å². The highest BCUT2D eigenvalue weighted by atomic mass is 32.2. The number of pyridine rings is 1. The number of nitrogens with zero attached hydrogens (tertiary/aromatic N) is 3. The molecule has 3 unspecified atom stereocenters. The normalized spacial score (nSPS) is 26.9. The van der Waals surface area contributed by atoms with E-state index in [0.717, 1.165) is 42.8 Å². The molecule has 2 bridgehead atoms. The van der Waals surface area contributed by atoms with E-state index >= 15 is 0 Å². The first-order valence-corrected chi connectivity index (χ1v) is 12.9. The van der Waals surface area contributed by atoms with Crippen LogP contribution in [0.25, 0.3) is 0 Å². The number of nitrogens with two attached hydrogens (primary N) is 1. The van der Waals surface area contributed by atoms with Crippen molar-refractivity contribution in [3.8, 4) is 0 Å². The lowest BCUT2D eigenvalue weighted by Crippen LogP contribution is -2.40. The maximum atomic E-state index is 13.4. The zero-order valence-electron chi connectivity index (χ0n) is 21.9. The molecule has 1 saturated heterocycles. The van der Waals surface area contributed by atoms with Crippen LogP contribution in [0.2, 0.25) is 0 Å². The predicted molar refractivity (Wildman–Crippen MR) is 148 cm³/mol. The van der Waals surface area contributed by atoms with E-state index in [1.807, 2.05) is 12.1 Å². The van der Waals surface area contributed by atoms with Gasteiger partial charge in [-0.15, -0.1) is 0 Å². The largest absolute Gasteiger partial charge is 0.401 e. The van der Waals surface area contributed by atoms with Gasteiger partial charge in [0.1, 0.15) is 16.7 Å². The van der Waals surface area contributed by atoms with E-state index in [2.05, 4.69) is 81.2 Å². The lowest BCUT2D eigenvalue weighted by atomic mass is 9.83. The summed E-state index contributed by atoms with van der Waals surface area (Å²) in [6.07, 6.45) is 3.37. The van der Waals surface area contributed by atoms with Crippen molar-refractivity contribution in [2.75, 3.05) is 11.4 Å². The Morgan fingerprint density at radius 1 is 1.34 bits per heavy atom. The summed E-state index contributed by atoms with van der Waals surface area (Å²) in [6.45, 7) is 25.8. The van der Waals surface area contributed by atoms with Gasteiger partial charge in [-0.25, -0.2) is 9.98 Å². The summed E-state index contributed by atoms with van der Waals surface area (Å²) in [5.41, 5.74) is 7.91. The Morgan fingerprint density at radius 2 is 2.03 bits per heavy atom. The number of aromatic nitrogens is 1. The summed E-state index contributed by atoms with van der Waals surface area (Å²) in [7, 11) is 0. The van der Waals surface area contributed by atoms with Crippen LogP contribution >= 0.6 is 11.9 Å². The van der Waals surface area contributed by atoms with Gasteiger partial charge in [-0.1, -0.05) is 47.4 Å². The van der Waals surface area contributed by atoms with Gasteiger partial charge in [0, 0.05) is 40.8 Å². The quantitative estimate of drug-likeness (QED) is 0.505. The Hall–Kier alpha value is -2.74. The standard InChI is InChI=1S/C27H40N6OS/c1-10-23-30-18(4)29-21(17(3)28)13-16(2)19-14-27(8,9)33(15-19)24-20(25(34)32-35-23)11-12-22(31-24)26(5,6)7/h10-12,16,19,21,29H,1,3-4,13-15,28H2,2,5-9H3,(H,32,34)/b30-23+. The van der Waals surface area contributed by atoms with Gasteiger partial charge in [-0.05, 0) is 56.7 Å². The molecule has 1 amide bonds. The van der Waals surface area contributed by atoms with Crippen LogP contribution in [0.4, 0.5) is 5.82 Å². The number of carbonyl (C=O) groups is 1. The highest BCUT2D eigenvalue weighted by Gasteiger charge is 2.43. The highest BCUT2D eigenvalue weighted by molar-refractivity contribution is 8.13. The smallest absolute Gasteiger partial charge is 0.265 e. The fourth-order valence-electron chi connectivity index (χ4n) is 4.80. The first-order chi connectivity index (χ1) is 16.2. The Balaban J connectivity index is 2.12. The molecule has 2 aliphatic rings. The molecule has 35 heavy (non-hydrogen) atoms. The number of hydrogen-bond donors (Lipinski definition) is 3. The Bertz CT molecular complexity index is 1050. The molecule has 1 fully saturated rings. The lowest BCUT2D eigenvalue weighted by molar-refractivity contribution is 0.0984. The van der Waals surface area contributed by atoms with E-state index < -0.39 is 0 Å². The van der Waals surface area contributed by atoms with E-state index in [9.17, 15) is 4.79 Å². The number of anilines is 1. The molecule has 4 N–H and O–H groups in total. The van der Waals surface area contributed by atoms with Crippen LogP contribution in [-0.2, 0) is 5.41 Å². The van der Waals surface area contributed by atoms with Gasteiger partial charge in [0.15, 0.2) is 0 Å².